The van der Waals surface area contributed by atoms with Crippen LogP contribution < -0.4 is 20.4 Å². The van der Waals surface area contributed by atoms with Crippen LogP contribution in [-0.4, -0.2) is 44.8 Å². The fourth-order valence-corrected chi connectivity index (χ4v) is 2.28. The van der Waals surface area contributed by atoms with E-state index in [4.69, 9.17) is 14.2 Å². The van der Waals surface area contributed by atoms with Crippen molar-refractivity contribution in [1.29, 1.82) is 0 Å². The highest BCUT2D eigenvalue weighted by Gasteiger charge is 2.17. The number of carbonyl (C=O) groups excluding carboxylic acids is 1. The minimum atomic E-state index is -0.699. The summed E-state index contributed by atoms with van der Waals surface area (Å²) >= 11 is 0. The number of carbonyl (C=O) groups is 1. The molecule has 2 aromatic rings. The van der Waals surface area contributed by atoms with E-state index >= 15 is 0 Å². The van der Waals surface area contributed by atoms with Crippen molar-refractivity contribution in [1.82, 2.24) is 10.3 Å². The molecule has 1 aromatic heterocycles. The predicted octanol–water partition coefficient (Wildman–Crippen LogP) is 1.54. The maximum Gasteiger partial charge on any atom is 0.407 e. The lowest BCUT2D eigenvalue weighted by Crippen LogP contribution is -2.34. The Bertz CT molecular complexity index is 777. The zero-order valence-corrected chi connectivity index (χ0v) is 15.1. The Kier molecular flexibility index (Phi) is 5.71. The van der Waals surface area contributed by atoms with E-state index < -0.39 is 17.6 Å². The van der Waals surface area contributed by atoms with Crippen molar-refractivity contribution in [3.05, 3.63) is 24.1 Å². The molecule has 0 radical (unpaired) electrons. The Hall–Kier alpha value is -2.51. The van der Waals surface area contributed by atoms with Crippen molar-refractivity contribution < 1.29 is 23.4 Å². The van der Waals surface area contributed by atoms with Crippen molar-refractivity contribution in [3.63, 3.8) is 0 Å². The molecule has 0 bridgehead atoms. The molecule has 0 saturated heterocycles. The Morgan fingerprint density at radius 1 is 1.32 bits per heavy atom. The summed E-state index contributed by atoms with van der Waals surface area (Å²) in [4.78, 5) is 15.5. The summed E-state index contributed by atoms with van der Waals surface area (Å²) in [6.07, 6.45) is -0.551. The van der Waals surface area contributed by atoms with Gasteiger partial charge in [0, 0.05) is 11.0 Å². The third kappa shape index (κ3) is 4.98. The highest BCUT2D eigenvalue weighted by atomic mass is 19.1. The molecule has 134 valence electrons. The van der Waals surface area contributed by atoms with Crippen LogP contribution in [0.25, 0.3) is 10.8 Å². The average molecular weight is 348 g/mol. The van der Waals surface area contributed by atoms with Gasteiger partial charge in [0.05, 0.1) is 13.7 Å². The van der Waals surface area contributed by atoms with Gasteiger partial charge in [-0.3, -0.25) is 0 Å². The first-order valence-corrected chi connectivity index (χ1v) is 7.95. The van der Waals surface area contributed by atoms with Crippen LogP contribution in [0, 0.1) is 5.95 Å². The maximum absolute atomic E-state index is 14.2. The van der Waals surface area contributed by atoms with Crippen LogP contribution in [-0.2, 0) is 4.74 Å². The summed E-state index contributed by atoms with van der Waals surface area (Å²) in [5.74, 6) is -0.0739. The molecule has 0 aliphatic carbocycles. The molecule has 1 amide bonds. The number of pyridine rings is 1. The summed E-state index contributed by atoms with van der Waals surface area (Å²) in [6, 6.07) is 5.29. The van der Waals surface area contributed by atoms with Crippen LogP contribution in [0.3, 0.4) is 0 Å². The smallest absolute Gasteiger partial charge is 0.407 e. The van der Waals surface area contributed by atoms with Gasteiger partial charge in [-0.25, -0.2) is 9.78 Å². The van der Waals surface area contributed by atoms with E-state index in [0.717, 1.165) is 5.39 Å². The summed E-state index contributed by atoms with van der Waals surface area (Å²) in [5, 5.41) is 3.90. The number of methoxy groups -OCH3 is 1. The number of fused-ring (bicyclic) bond motifs is 1. The van der Waals surface area contributed by atoms with Crippen molar-refractivity contribution in [2.45, 2.75) is 26.4 Å². The lowest BCUT2D eigenvalue weighted by molar-refractivity contribution is 0.0520. The molecule has 0 aliphatic rings. The predicted molar refractivity (Wildman–Crippen MR) is 96.2 cm³/mol. The summed E-state index contributed by atoms with van der Waals surface area (Å²) in [6.45, 7) is 5.57. The monoisotopic (exact) mass is 348 g/mol. The number of nitrogens with zero attached hydrogens (tertiary/aromatic N) is 1. The van der Waals surface area contributed by atoms with Crippen LogP contribution in [0.5, 0.6) is 11.5 Å². The number of hydrogen-bond acceptors (Lipinski definition) is 5. The second-order valence-corrected chi connectivity index (χ2v) is 6.51. The highest BCUT2D eigenvalue weighted by molar-refractivity contribution is 6.37. The van der Waals surface area contributed by atoms with Crippen molar-refractivity contribution in [2.75, 3.05) is 20.3 Å². The quantitative estimate of drug-likeness (QED) is 0.504. The number of hydrogen-bond donors (Lipinski definition) is 1. The minimum Gasteiger partial charge on any atom is -0.497 e. The zero-order chi connectivity index (χ0) is 18.6. The summed E-state index contributed by atoms with van der Waals surface area (Å²) < 4.78 is 30.1. The van der Waals surface area contributed by atoms with Crippen LogP contribution in [0.15, 0.2) is 18.2 Å². The first kappa shape index (κ1) is 18.8. The topological polar surface area (TPSA) is 69.7 Å². The van der Waals surface area contributed by atoms with Crippen LogP contribution in [0.2, 0.25) is 0 Å². The van der Waals surface area contributed by atoms with E-state index in [1.165, 1.54) is 7.11 Å². The van der Waals surface area contributed by atoms with Gasteiger partial charge in [0.25, 0.3) is 5.95 Å². The first-order chi connectivity index (χ1) is 11.7. The number of benzene rings is 1. The molecule has 0 unspecified atom stereocenters. The highest BCUT2D eigenvalue weighted by Crippen LogP contribution is 2.29. The Balaban J connectivity index is 2.09. The minimum absolute atomic E-state index is 0.0329. The third-order valence-corrected chi connectivity index (χ3v) is 3.33. The number of alkyl carbamates (subject to hydrolysis) is 1. The van der Waals surface area contributed by atoms with Crippen molar-refractivity contribution >= 4 is 30.3 Å². The standard InChI is InChI=1S/C17H22BFN2O4/c1-17(2,3)25-16(22)20-7-8-24-13-12-9-10(23-4)5-6-11(12)14(18)21-15(13)19/h5-6,9H,7-8,18H2,1-4H3,(H,20,22). The van der Waals surface area contributed by atoms with Gasteiger partial charge in [-0.1, -0.05) is 0 Å². The molecule has 0 fully saturated rings. The average Bonchev–Trinajstić information content (AvgIpc) is 2.51. The van der Waals surface area contributed by atoms with E-state index in [2.05, 4.69) is 10.3 Å². The Labute approximate surface area is 147 Å². The number of amides is 1. The molecule has 0 spiro atoms. The van der Waals surface area contributed by atoms with Gasteiger partial charge in [0.1, 0.15) is 18.0 Å². The van der Waals surface area contributed by atoms with E-state index in [0.29, 0.717) is 16.7 Å². The first-order valence-electron chi connectivity index (χ1n) is 7.95. The largest absolute Gasteiger partial charge is 0.497 e. The van der Waals surface area contributed by atoms with E-state index in [1.54, 1.807) is 40.8 Å². The normalized spacial score (nSPS) is 11.2. The molecule has 1 heterocycles. The lowest BCUT2D eigenvalue weighted by atomic mass is 9.96. The second kappa shape index (κ2) is 7.59. The number of rotatable bonds is 5. The molecule has 1 aromatic carbocycles. The van der Waals surface area contributed by atoms with E-state index in [9.17, 15) is 9.18 Å². The van der Waals surface area contributed by atoms with E-state index in [1.807, 2.05) is 6.07 Å². The number of halogens is 1. The van der Waals surface area contributed by atoms with Crippen molar-refractivity contribution in [2.24, 2.45) is 0 Å². The molecule has 8 heteroatoms. The summed E-state index contributed by atoms with van der Waals surface area (Å²) in [7, 11) is 3.27. The van der Waals surface area contributed by atoms with Crippen molar-refractivity contribution in [3.8, 4) is 11.5 Å². The van der Waals surface area contributed by atoms with Gasteiger partial charge in [0.2, 0.25) is 0 Å². The Morgan fingerprint density at radius 3 is 2.68 bits per heavy atom. The van der Waals surface area contributed by atoms with Crippen LogP contribution >= 0.6 is 0 Å². The molecular weight excluding hydrogens is 326 g/mol. The molecule has 25 heavy (non-hydrogen) atoms. The molecule has 0 saturated carbocycles. The SMILES string of the molecule is Bc1nc(F)c(OCCNC(=O)OC(C)(C)C)c2cc(OC)ccc12. The number of nitrogens with one attached hydrogen (secondary N) is 1. The summed E-state index contributed by atoms with van der Waals surface area (Å²) in [5.41, 5.74) is -0.0144. The molecule has 2 rings (SSSR count). The van der Waals surface area contributed by atoms with Gasteiger partial charge < -0.3 is 19.5 Å². The Morgan fingerprint density at radius 2 is 2.04 bits per heavy atom. The second-order valence-electron chi connectivity index (χ2n) is 6.51. The van der Waals surface area contributed by atoms with Gasteiger partial charge >= 0.3 is 6.09 Å². The lowest BCUT2D eigenvalue weighted by Gasteiger charge is -2.19. The molecule has 0 aliphatic heterocycles. The van der Waals surface area contributed by atoms with Crippen LogP contribution in [0.1, 0.15) is 20.8 Å². The number of aromatic nitrogens is 1. The van der Waals surface area contributed by atoms with Gasteiger partial charge in [-0.05, 0) is 44.4 Å². The third-order valence-electron chi connectivity index (χ3n) is 3.33. The molecule has 0 atom stereocenters. The number of ether oxygens (including phenoxy) is 3. The van der Waals surface area contributed by atoms with Gasteiger partial charge in [-0.15, -0.1) is 0 Å². The molecule has 1 N–H and O–H groups in total. The fraction of sp³-hybridized carbons (Fsp3) is 0.412. The van der Waals surface area contributed by atoms with Gasteiger partial charge in [-0.2, -0.15) is 4.39 Å². The molecule has 6 nitrogen and oxygen atoms in total. The van der Waals surface area contributed by atoms with Crippen LogP contribution in [0.4, 0.5) is 9.18 Å². The van der Waals surface area contributed by atoms with E-state index in [-0.39, 0.29) is 18.9 Å². The zero-order valence-electron chi connectivity index (χ0n) is 15.1. The maximum atomic E-state index is 14.2. The fourth-order valence-electron chi connectivity index (χ4n) is 2.28. The van der Waals surface area contributed by atoms with Gasteiger partial charge in [0.15, 0.2) is 13.6 Å². The molecular formula is C17H22BFN2O4.